The van der Waals surface area contributed by atoms with Crippen LogP contribution >= 0.6 is 11.3 Å². The first-order valence-electron chi connectivity index (χ1n) is 4.54. The number of nitrogens with zero attached hydrogens (tertiary/aromatic N) is 2. The highest BCUT2D eigenvalue weighted by atomic mass is 32.1. The number of rotatable bonds is 2. The van der Waals surface area contributed by atoms with E-state index in [2.05, 4.69) is 4.98 Å². The van der Waals surface area contributed by atoms with Crippen LogP contribution in [0.5, 0.6) is 0 Å². The predicted octanol–water partition coefficient (Wildman–Crippen LogP) is 1.46. The van der Waals surface area contributed by atoms with Crippen molar-refractivity contribution in [2.45, 2.75) is 13.8 Å². The van der Waals surface area contributed by atoms with Gasteiger partial charge in [-0.05, 0) is 13.8 Å². The van der Waals surface area contributed by atoms with Crippen molar-refractivity contribution in [3.8, 4) is 0 Å². The lowest BCUT2D eigenvalue weighted by atomic mass is 10.4. The van der Waals surface area contributed by atoms with Gasteiger partial charge in [-0.1, -0.05) is 0 Å². The van der Waals surface area contributed by atoms with Crippen LogP contribution in [0.15, 0.2) is 5.38 Å². The van der Waals surface area contributed by atoms with Crippen molar-refractivity contribution in [2.75, 3.05) is 12.3 Å². The molecule has 0 aliphatic heterocycles. The van der Waals surface area contributed by atoms with E-state index >= 15 is 0 Å². The highest BCUT2D eigenvalue weighted by Gasteiger charge is 2.19. The Morgan fingerprint density at radius 3 is 3.07 bits per heavy atom. The minimum absolute atomic E-state index is 0.201. The molecular formula is C9H11N3O2S. The van der Waals surface area contributed by atoms with Gasteiger partial charge in [-0.15, -0.1) is 11.3 Å². The zero-order valence-corrected chi connectivity index (χ0v) is 9.30. The summed E-state index contributed by atoms with van der Waals surface area (Å²) >= 11 is 1.45. The SMILES string of the molecule is CCOC(=O)c1nc2scc(C)n2c1N. The first-order valence-corrected chi connectivity index (χ1v) is 5.42. The Morgan fingerprint density at radius 2 is 2.47 bits per heavy atom. The van der Waals surface area contributed by atoms with E-state index in [4.69, 9.17) is 10.5 Å². The molecule has 2 rings (SSSR count). The Kier molecular flexibility index (Phi) is 2.36. The standard InChI is InChI=1S/C9H11N3O2S/c1-3-14-8(13)6-7(10)12-5(2)4-15-9(12)11-6/h4H,3,10H2,1-2H3. The molecule has 2 N–H and O–H groups in total. The second-order valence-electron chi connectivity index (χ2n) is 3.06. The average Bonchev–Trinajstić information content (AvgIpc) is 2.70. The normalized spacial score (nSPS) is 10.8. The molecule has 5 nitrogen and oxygen atoms in total. The molecule has 0 atom stereocenters. The summed E-state index contributed by atoms with van der Waals surface area (Å²) in [6.45, 7) is 3.98. The van der Waals surface area contributed by atoms with E-state index in [0.29, 0.717) is 17.4 Å². The van der Waals surface area contributed by atoms with Crippen LogP contribution in [0.1, 0.15) is 23.1 Å². The molecule has 0 aromatic carbocycles. The zero-order chi connectivity index (χ0) is 11.0. The summed E-state index contributed by atoms with van der Waals surface area (Å²) in [7, 11) is 0. The third-order valence-electron chi connectivity index (χ3n) is 2.04. The summed E-state index contributed by atoms with van der Waals surface area (Å²) in [5.74, 6) is -0.118. The number of carbonyl (C=O) groups is 1. The van der Waals surface area contributed by atoms with Gasteiger partial charge >= 0.3 is 5.97 Å². The third-order valence-corrected chi connectivity index (χ3v) is 2.98. The van der Waals surface area contributed by atoms with Crippen LogP contribution in [-0.2, 0) is 4.74 Å². The summed E-state index contributed by atoms with van der Waals surface area (Å²) in [4.78, 5) is 16.3. The minimum atomic E-state index is -0.467. The number of aryl methyl sites for hydroxylation is 1. The largest absolute Gasteiger partial charge is 0.461 e. The molecule has 0 fully saturated rings. The van der Waals surface area contributed by atoms with Gasteiger partial charge in [-0.3, -0.25) is 4.40 Å². The van der Waals surface area contributed by atoms with Gasteiger partial charge in [0, 0.05) is 11.1 Å². The number of hydrogen-bond donors (Lipinski definition) is 1. The highest BCUT2D eigenvalue weighted by Crippen LogP contribution is 2.22. The lowest BCUT2D eigenvalue weighted by Gasteiger charge is -1.99. The minimum Gasteiger partial charge on any atom is -0.461 e. The summed E-state index contributed by atoms with van der Waals surface area (Å²) in [6, 6.07) is 0. The van der Waals surface area contributed by atoms with Crippen molar-refractivity contribution < 1.29 is 9.53 Å². The van der Waals surface area contributed by atoms with Gasteiger partial charge in [0.25, 0.3) is 0 Å². The van der Waals surface area contributed by atoms with E-state index in [1.807, 2.05) is 12.3 Å². The van der Waals surface area contributed by atoms with E-state index in [0.717, 1.165) is 5.69 Å². The molecule has 80 valence electrons. The third kappa shape index (κ3) is 1.46. The molecule has 2 aromatic rings. The Hall–Kier alpha value is -1.56. The second-order valence-corrected chi connectivity index (χ2v) is 3.90. The predicted molar refractivity (Wildman–Crippen MR) is 58.2 cm³/mol. The van der Waals surface area contributed by atoms with E-state index in [1.165, 1.54) is 11.3 Å². The molecule has 0 amide bonds. The molecule has 0 unspecified atom stereocenters. The van der Waals surface area contributed by atoms with Crippen molar-refractivity contribution >= 4 is 28.1 Å². The van der Waals surface area contributed by atoms with Gasteiger partial charge in [0.05, 0.1) is 6.61 Å². The lowest BCUT2D eigenvalue weighted by molar-refractivity contribution is 0.0521. The Labute approximate surface area is 90.5 Å². The number of fused-ring (bicyclic) bond motifs is 1. The van der Waals surface area contributed by atoms with Crippen LogP contribution in [-0.4, -0.2) is 22.0 Å². The Bertz CT molecular complexity index is 515. The number of anilines is 1. The fraction of sp³-hybridized carbons (Fsp3) is 0.333. The molecule has 6 heteroatoms. The maximum absolute atomic E-state index is 11.5. The summed E-state index contributed by atoms with van der Waals surface area (Å²) < 4.78 is 6.60. The van der Waals surface area contributed by atoms with Crippen molar-refractivity contribution in [3.63, 3.8) is 0 Å². The first-order chi connectivity index (χ1) is 7.15. The topological polar surface area (TPSA) is 69.6 Å². The summed E-state index contributed by atoms with van der Waals surface area (Å²) in [5.41, 5.74) is 6.99. The fourth-order valence-electron chi connectivity index (χ4n) is 1.37. The number of imidazole rings is 1. The number of esters is 1. The van der Waals surface area contributed by atoms with Gasteiger partial charge in [0.15, 0.2) is 10.7 Å². The van der Waals surface area contributed by atoms with Crippen molar-refractivity contribution in [3.05, 3.63) is 16.8 Å². The number of aromatic nitrogens is 2. The molecule has 2 aromatic heterocycles. The molecule has 2 heterocycles. The zero-order valence-electron chi connectivity index (χ0n) is 8.48. The smallest absolute Gasteiger partial charge is 0.360 e. The van der Waals surface area contributed by atoms with Crippen molar-refractivity contribution in [1.82, 2.24) is 9.38 Å². The summed E-state index contributed by atoms with van der Waals surface area (Å²) in [5, 5.41) is 1.94. The monoisotopic (exact) mass is 225 g/mol. The highest BCUT2D eigenvalue weighted by molar-refractivity contribution is 7.15. The van der Waals surface area contributed by atoms with Crippen molar-refractivity contribution in [2.24, 2.45) is 0 Å². The number of nitrogens with two attached hydrogens (primary N) is 1. The maximum atomic E-state index is 11.5. The van der Waals surface area contributed by atoms with E-state index in [1.54, 1.807) is 11.3 Å². The molecule has 15 heavy (non-hydrogen) atoms. The molecular weight excluding hydrogens is 214 g/mol. The van der Waals surface area contributed by atoms with Gasteiger partial charge in [0.2, 0.25) is 0 Å². The van der Waals surface area contributed by atoms with Gasteiger partial charge in [-0.25, -0.2) is 9.78 Å². The van der Waals surface area contributed by atoms with E-state index in [-0.39, 0.29) is 5.69 Å². The fourth-order valence-corrected chi connectivity index (χ4v) is 2.25. The Morgan fingerprint density at radius 1 is 1.73 bits per heavy atom. The maximum Gasteiger partial charge on any atom is 0.360 e. The molecule has 0 bridgehead atoms. The number of hydrogen-bond acceptors (Lipinski definition) is 5. The van der Waals surface area contributed by atoms with Crippen LogP contribution in [0.2, 0.25) is 0 Å². The van der Waals surface area contributed by atoms with E-state index < -0.39 is 5.97 Å². The second kappa shape index (κ2) is 3.54. The Balaban J connectivity index is 2.53. The molecule has 0 saturated carbocycles. The molecule has 0 saturated heterocycles. The van der Waals surface area contributed by atoms with Gasteiger partial charge in [0.1, 0.15) is 5.82 Å². The van der Waals surface area contributed by atoms with Crippen LogP contribution < -0.4 is 5.73 Å². The average molecular weight is 225 g/mol. The number of ether oxygens (including phenoxy) is 1. The number of thiazole rings is 1. The quantitative estimate of drug-likeness (QED) is 0.785. The number of nitrogen functional groups attached to an aromatic ring is 1. The van der Waals surface area contributed by atoms with Crippen molar-refractivity contribution in [1.29, 1.82) is 0 Å². The van der Waals surface area contributed by atoms with Crippen LogP contribution in [0.4, 0.5) is 5.82 Å². The first kappa shape index (κ1) is 9.97. The van der Waals surface area contributed by atoms with Gasteiger partial charge in [-0.2, -0.15) is 0 Å². The molecule has 0 spiro atoms. The summed E-state index contributed by atoms with van der Waals surface area (Å²) in [6.07, 6.45) is 0. The lowest BCUT2D eigenvalue weighted by Crippen LogP contribution is -2.08. The van der Waals surface area contributed by atoms with E-state index in [9.17, 15) is 4.79 Å². The molecule has 0 radical (unpaired) electrons. The van der Waals surface area contributed by atoms with Gasteiger partial charge < -0.3 is 10.5 Å². The van der Waals surface area contributed by atoms with Crippen LogP contribution in [0.3, 0.4) is 0 Å². The van der Waals surface area contributed by atoms with Crippen LogP contribution in [0.25, 0.3) is 4.96 Å². The van der Waals surface area contributed by atoms with Crippen LogP contribution in [0, 0.1) is 6.92 Å². The molecule has 0 aliphatic rings. The number of carbonyl (C=O) groups excluding carboxylic acids is 1. The molecule has 0 aliphatic carbocycles.